The summed E-state index contributed by atoms with van der Waals surface area (Å²) in [5.74, 6) is -3.80. The van der Waals surface area contributed by atoms with Crippen LogP contribution in [0.25, 0.3) is 10.7 Å². The summed E-state index contributed by atoms with van der Waals surface area (Å²) in [6.07, 6.45) is 4.51. The molecule has 0 saturated heterocycles. The number of hydrogen-bond donors (Lipinski definition) is 2. The first-order valence-electron chi connectivity index (χ1n) is 5.60. The molecular weight excluding hydrogens is 359 g/mol. The smallest absolute Gasteiger partial charge is 0.277 e. The lowest BCUT2D eigenvalue weighted by atomic mass is 10.3. The van der Waals surface area contributed by atoms with E-state index < -0.39 is 24.9 Å². The first-order valence-corrected chi connectivity index (χ1v) is 6.48. The normalized spacial score (nSPS) is 10.3. The minimum Gasteiger partial charge on any atom is -0.345 e. The lowest BCUT2D eigenvalue weighted by molar-refractivity contribution is 0.0118. The standard InChI is InChI=1S/C11H11F2N5OS.2ClH/c12-11(13,5-14)6-17-9(19)8-4-20-10(18-8)7-3-15-1-2-16-7;;/h1-4H,5-6,14H2,(H,17,19);2*1H. The average Bonchev–Trinajstić information content (AvgIpc) is 2.96. The highest BCUT2D eigenvalue weighted by molar-refractivity contribution is 7.13. The number of nitrogens with two attached hydrogens (primary N) is 1. The van der Waals surface area contributed by atoms with Crippen LogP contribution in [-0.4, -0.2) is 39.9 Å². The second-order valence-corrected chi connectivity index (χ2v) is 4.73. The molecule has 1 amide bonds. The zero-order valence-electron chi connectivity index (χ0n) is 11.0. The van der Waals surface area contributed by atoms with Crippen molar-refractivity contribution in [2.75, 3.05) is 13.1 Å². The number of amides is 1. The summed E-state index contributed by atoms with van der Waals surface area (Å²) in [5.41, 5.74) is 5.46. The number of rotatable bonds is 5. The Bertz CT molecular complexity index is 599. The molecule has 0 unspecified atom stereocenters. The molecule has 0 radical (unpaired) electrons. The van der Waals surface area contributed by atoms with Crippen LogP contribution in [0.15, 0.2) is 24.0 Å². The van der Waals surface area contributed by atoms with Crippen molar-refractivity contribution in [3.8, 4) is 10.7 Å². The molecule has 3 N–H and O–H groups in total. The van der Waals surface area contributed by atoms with Gasteiger partial charge < -0.3 is 11.1 Å². The fraction of sp³-hybridized carbons (Fsp3) is 0.273. The molecule has 0 aliphatic heterocycles. The van der Waals surface area contributed by atoms with Gasteiger partial charge in [-0.05, 0) is 0 Å². The lowest BCUT2D eigenvalue weighted by Crippen LogP contribution is -2.41. The van der Waals surface area contributed by atoms with Crippen molar-refractivity contribution in [1.82, 2.24) is 20.3 Å². The molecular formula is C11H13Cl2F2N5OS. The predicted molar refractivity (Wildman–Crippen MR) is 84.0 cm³/mol. The number of aromatic nitrogens is 3. The number of thiazole rings is 1. The molecule has 122 valence electrons. The van der Waals surface area contributed by atoms with Crippen LogP contribution in [-0.2, 0) is 0 Å². The SMILES string of the molecule is Cl.Cl.NCC(F)(F)CNC(=O)c1csc(-c2cnccn2)n1. The van der Waals surface area contributed by atoms with Crippen molar-refractivity contribution < 1.29 is 13.6 Å². The molecule has 2 rings (SSSR count). The number of hydrogen-bond acceptors (Lipinski definition) is 6. The maximum Gasteiger partial charge on any atom is 0.277 e. The average molecular weight is 372 g/mol. The van der Waals surface area contributed by atoms with Crippen molar-refractivity contribution in [3.63, 3.8) is 0 Å². The Morgan fingerprint density at radius 2 is 2.09 bits per heavy atom. The molecule has 0 aliphatic carbocycles. The van der Waals surface area contributed by atoms with E-state index in [2.05, 4.69) is 20.3 Å². The number of alkyl halides is 2. The monoisotopic (exact) mass is 371 g/mol. The maximum atomic E-state index is 12.9. The van der Waals surface area contributed by atoms with E-state index in [1.807, 2.05) is 0 Å². The fourth-order valence-corrected chi connectivity index (χ4v) is 2.04. The molecule has 22 heavy (non-hydrogen) atoms. The van der Waals surface area contributed by atoms with Crippen molar-refractivity contribution in [3.05, 3.63) is 29.7 Å². The van der Waals surface area contributed by atoms with Gasteiger partial charge in [-0.1, -0.05) is 0 Å². The van der Waals surface area contributed by atoms with Gasteiger partial charge in [0.1, 0.15) is 16.4 Å². The Morgan fingerprint density at radius 1 is 1.36 bits per heavy atom. The number of halogens is 4. The van der Waals surface area contributed by atoms with Gasteiger partial charge in [0.15, 0.2) is 0 Å². The van der Waals surface area contributed by atoms with Crippen molar-refractivity contribution in [2.24, 2.45) is 5.73 Å². The van der Waals surface area contributed by atoms with Gasteiger partial charge in [0.2, 0.25) is 0 Å². The third-order valence-corrected chi connectivity index (χ3v) is 3.19. The zero-order chi connectivity index (χ0) is 14.6. The molecule has 0 bridgehead atoms. The lowest BCUT2D eigenvalue weighted by Gasteiger charge is -2.13. The van der Waals surface area contributed by atoms with Crippen LogP contribution >= 0.6 is 36.2 Å². The molecule has 2 heterocycles. The number of nitrogens with one attached hydrogen (secondary N) is 1. The largest absolute Gasteiger partial charge is 0.345 e. The molecule has 0 spiro atoms. The Morgan fingerprint density at radius 3 is 2.68 bits per heavy atom. The highest BCUT2D eigenvalue weighted by Gasteiger charge is 2.27. The molecule has 0 aliphatic rings. The minimum absolute atomic E-state index is 0. The summed E-state index contributed by atoms with van der Waals surface area (Å²) in [6, 6.07) is 0. The quantitative estimate of drug-likeness (QED) is 0.834. The van der Waals surface area contributed by atoms with Crippen LogP contribution in [0.5, 0.6) is 0 Å². The van der Waals surface area contributed by atoms with Gasteiger partial charge in [0, 0.05) is 17.8 Å². The third kappa shape index (κ3) is 5.41. The van der Waals surface area contributed by atoms with E-state index in [9.17, 15) is 13.6 Å². The Labute approximate surface area is 141 Å². The highest BCUT2D eigenvalue weighted by atomic mass is 35.5. The second-order valence-electron chi connectivity index (χ2n) is 3.87. The number of carbonyl (C=O) groups is 1. The summed E-state index contributed by atoms with van der Waals surface area (Å²) >= 11 is 1.18. The van der Waals surface area contributed by atoms with E-state index in [1.54, 1.807) is 0 Å². The number of nitrogens with zero attached hydrogens (tertiary/aromatic N) is 3. The zero-order valence-corrected chi connectivity index (χ0v) is 13.5. The summed E-state index contributed by atoms with van der Waals surface area (Å²) < 4.78 is 25.8. The van der Waals surface area contributed by atoms with Gasteiger partial charge in [-0.25, -0.2) is 13.8 Å². The van der Waals surface area contributed by atoms with Gasteiger partial charge in [0.05, 0.1) is 19.3 Å². The second kappa shape index (κ2) is 8.89. The van der Waals surface area contributed by atoms with Gasteiger partial charge in [-0.15, -0.1) is 36.2 Å². The molecule has 6 nitrogen and oxygen atoms in total. The van der Waals surface area contributed by atoms with E-state index in [1.165, 1.54) is 35.3 Å². The van der Waals surface area contributed by atoms with Gasteiger partial charge in [-0.2, -0.15) is 0 Å². The van der Waals surface area contributed by atoms with Crippen LogP contribution in [0, 0.1) is 0 Å². The van der Waals surface area contributed by atoms with E-state index >= 15 is 0 Å². The Hall–Kier alpha value is -1.42. The summed E-state index contributed by atoms with van der Waals surface area (Å²) in [5, 5.41) is 4.06. The van der Waals surface area contributed by atoms with Crippen LogP contribution in [0.2, 0.25) is 0 Å². The van der Waals surface area contributed by atoms with E-state index in [0.29, 0.717) is 10.7 Å². The van der Waals surface area contributed by atoms with Crippen molar-refractivity contribution in [2.45, 2.75) is 5.92 Å². The van der Waals surface area contributed by atoms with E-state index in [0.717, 1.165) is 0 Å². The van der Waals surface area contributed by atoms with Crippen LogP contribution < -0.4 is 11.1 Å². The molecule has 2 aromatic heterocycles. The topological polar surface area (TPSA) is 93.8 Å². The molecule has 11 heteroatoms. The summed E-state index contributed by atoms with van der Waals surface area (Å²) in [4.78, 5) is 23.6. The van der Waals surface area contributed by atoms with Crippen molar-refractivity contribution in [1.29, 1.82) is 0 Å². The van der Waals surface area contributed by atoms with Gasteiger partial charge in [-0.3, -0.25) is 14.8 Å². The van der Waals surface area contributed by atoms with Crippen LogP contribution in [0.1, 0.15) is 10.5 Å². The fourth-order valence-electron chi connectivity index (χ4n) is 1.28. The summed E-state index contributed by atoms with van der Waals surface area (Å²) in [7, 11) is 0. The van der Waals surface area contributed by atoms with E-state index in [-0.39, 0.29) is 30.5 Å². The molecule has 0 aromatic carbocycles. The first kappa shape index (κ1) is 20.6. The van der Waals surface area contributed by atoms with Gasteiger partial charge in [0.25, 0.3) is 11.8 Å². The van der Waals surface area contributed by atoms with Gasteiger partial charge >= 0.3 is 0 Å². The first-order chi connectivity index (χ1) is 9.52. The maximum absolute atomic E-state index is 12.9. The van der Waals surface area contributed by atoms with Crippen LogP contribution in [0.4, 0.5) is 8.78 Å². The third-order valence-electron chi connectivity index (χ3n) is 2.33. The van der Waals surface area contributed by atoms with Crippen LogP contribution in [0.3, 0.4) is 0 Å². The van der Waals surface area contributed by atoms with Crippen molar-refractivity contribution >= 4 is 42.1 Å². The summed E-state index contributed by atoms with van der Waals surface area (Å²) in [6.45, 7) is -1.64. The molecule has 2 aromatic rings. The molecule has 0 fully saturated rings. The number of carbonyl (C=O) groups excluding carboxylic acids is 1. The Balaban J connectivity index is 0.00000220. The Kier molecular flexibility index (Phi) is 8.31. The highest BCUT2D eigenvalue weighted by Crippen LogP contribution is 2.20. The molecule has 0 saturated carbocycles. The van der Waals surface area contributed by atoms with E-state index in [4.69, 9.17) is 5.73 Å². The minimum atomic E-state index is -3.13. The predicted octanol–water partition coefficient (Wildman–Crippen LogP) is 1.77. The molecule has 0 atom stereocenters.